The lowest BCUT2D eigenvalue weighted by Crippen LogP contribution is -2.33. The fourth-order valence-corrected chi connectivity index (χ4v) is 2.54. The van der Waals surface area contributed by atoms with E-state index in [1.165, 1.54) is 10.2 Å². The Bertz CT molecular complexity index is 650. The van der Waals surface area contributed by atoms with Crippen LogP contribution in [0.4, 0.5) is 5.69 Å². The van der Waals surface area contributed by atoms with Gasteiger partial charge in [-0.3, -0.25) is 4.79 Å². The summed E-state index contributed by atoms with van der Waals surface area (Å²) < 4.78 is 5.85. The second-order valence-corrected chi connectivity index (χ2v) is 6.17. The molecule has 2 aromatic rings. The number of nitrogens with zero attached hydrogens (tertiary/aromatic N) is 2. The second-order valence-electron chi connectivity index (χ2n) is 4.84. The molecule has 1 aromatic carbocycles. The van der Waals surface area contributed by atoms with E-state index in [4.69, 9.17) is 0 Å². The molecule has 0 spiro atoms. The fraction of sp³-hybridized carbons (Fsp3) is 0.357. The van der Waals surface area contributed by atoms with E-state index in [0.29, 0.717) is 5.03 Å². The molecule has 0 aliphatic rings. The summed E-state index contributed by atoms with van der Waals surface area (Å²) in [6.07, 6.45) is 0. The Morgan fingerprint density at radius 2 is 2.14 bits per heavy atom. The number of aryl methyl sites for hydroxylation is 3. The Hall–Kier alpha value is -2.02. The van der Waals surface area contributed by atoms with Gasteiger partial charge in [0.05, 0.1) is 10.5 Å². The summed E-state index contributed by atoms with van der Waals surface area (Å²) in [5.74, 6) is -0.711. The molecule has 21 heavy (non-hydrogen) atoms. The van der Waals surface area contributed by atoms with Gasteiger partial charge in [-0.2, -0.15) is 0 Å². The van der Waals surface area contributed by atoms with Crippen molar-refractivity contribution in [3.63, 3.8) is 0 Å². The monoisotopic (exact) mass is 307 g/mol. The van der Waals surface area contributed by atoms with E-state index >= 15 is 0 Å². The molecule has 1 atom stereocenters. The topological polar surface area (TPSA) is 82.1 Å². The number of benzene rings is 1. The molecule has 7 heteroatoms. The van der Waals surface area contributed by atoms with Crippen LogP contribution >= 0.6 is 11.8 Å². The van der Waals surface area contributed by atoms with Gasteiger partial charge in [0.2, 0.25) is 5.91 Å². The average Bonchev–Trinajstić information content (AvgIpc) is 2.74. The third-order valence-electron chi connectivity index (χ3n) is 3.15. The molecule has 1 N–H and O–H groups in total. The molecule has 2 rings (SSSR count). The number of carbonyl (C=O) groups excluding carboxylic acids is 1. The van der Waals surface area contributed by atoms with E-state index in [9.17, 15) is 9.90 Å². The van der Waals surface area contributed by atoms with Gasteiger partial charge in [0.25, 0.3) is 5.03 Å². The van der Waals surface area contributed by atoms with Crippen LogP contribution in [-0.2, 0) is 11.8 Å². The maximum atomic E-state index is 12.2. The number of carbonyl (C=O) groups is 1. The van der Waals surface area contributed by atoms with Crippen LogP contribution in [0, 0.1) is 13.8 Å². The molecule has 0 saturated heterocycles. The molecule has 0 saturated carbocycles. The van der Waals surface area contributed by atoms with Crippen LogP contribution in [0.5, 0.6) is 5.95 Å². The van der Waals surface area contributed by atoms with Crippen molar-refractivity contribution in [3.8, 4) is 5.95 Å². The molecule has 1 heterocycles. The van der Waals surface area contributed by atoms with Crippen molar-refractivity contribution in [1.29, 1.82) is 0 Å². The van der Waals surface area contributed by atoms with Gasteiger partial charge < -0.3 is 14.9 Å². The quantitative estimate of drug-likeness (QED) is 0.680. The summed E-state index contributed by atoms with van der Waals surface area (Å²) in [5, 5.41) is 17.6. The van der Waals surface area contributed by atoms with Gasteiger partial charge in [-0.1, -0.05) is 10.7 Å². The van der Waals surface area contributed by atoms with Crippen LogP contribution in [0.1, 0.15) is 18.1 Å². The number of aromatic nitrogens is 2. The Morgan fingerprint density at radius 3 is 2.71 bits per heavy atom. The third-order valence-corrected chi connectivity index (χ3v) is 4.37. The summed E-state index contributed by atoms with van der Waals surface area (Å²) in [5.41, 5.74) is 3.02. The zero-order valence-corrected chi connectivity index (χ0v) is 13.2. The third kappa shape index (κ3) is 3.55. The molecule has 6 nitrogen and oxygen atoms in total. The lowest BCUT2D eigenvalue weighted by Gasteiger charge is -2.11. The molecule has 0 aliphatic heterocycles. The van der Waals surface area contributed by atoms with Crippen LogP contribution in [0.15, 0.2) is 27.7 Å². The summed E-state index contributed by atoms with van der Waals surface area (Å²) in [6.45, 7) is 5.73. The van der Waals surface area contributed by atoms with E-state index in [2.05, 4.69) is 15.1 Å². The maximum Gasteiger partial charge on any atom is 0.291 e. The van der Waals surface area contributed by atoms with Gasteiger partial charge in [-0.15, -0.1) is 0 Å². The molecule has 1 aromatic heterocycles. The molecule has 0 aliphatic carbocycles. The Labute approximate surface area is 127 Å². The first-order chi connectivity index (χ1) is 9.88. The van der Waals surface area contributed by atoms with Crippen LogP contribution in [0.3, 0.4) is 0 Å². The minimum Gasteiger partial charge on any atom is -0.538 e. The molecule has 1 unspecified atom stereocenters. The molecule has 0 radical (unpaired) electrons. The van der Waals surface area contributed by atoms with Gasteiger partial charge in [0.1, 0.15) is 0 Å². The fourth-order valence-electron chi connectivity index (χ4n) is 1.71. The van der Waals surface area contributed by atoms with Crippen molar-refractivity contribution in [3.05, 3.63) is 29.3 Å². The number of amides is 1. The van der Waals surface area contributed by atoms with Crippen LogP contribution in [0.2, 0.25) is 0 Å². The largest absolute Gasteiger partial charge is 0.538 e. The number of hydrogen-bond donors (Lipinski definition) is 1. The second kappa shape index (κ2) is 6.17. The van der Waals surface area contributed by atoms with Crippen LogP contribution in [0.25, 0.3) is 0 Å². The number of anilines is 1. The predicted octanol–water partition coefficient (Wildman–Crippen LogP) is 1.31. The minimum atomic E-state index is -0.534. The Morgan fingerprint density at radius 1 is 1.43 bits per heavy atom. The number of thioether (sulfide) groups is 1. The van der Waals surface area contributed by atoms with Gasteiger partial charge >= 0.3 is 0 Å². The van der Waals surface area contributed by atoms with Crippen LogP contribution < -0.4 is 15.1 Å². The molecular formula is C14H17N3O3S. The number of rotatable bonds is 4. The van der Waals surface area contributed by atoms with E-state index < -0.39 is 11.2 Å². The predicted molar refractivity (Wildman–Crippen MR) is 77.0 cm³/mol. The first-order valence-corrected chi connectivity index (χ1v) is 7.34. The maximum absolute atomic E-state index is 12.2. The zero-order valence-electron chi connectivity index (χ0n) is 12.3. The zero-order chi connectivity index (χ0) is 15.6. The van der Waals surface area contributed by atoms with Gasteiger partial charge in [0, 0.05) is 5.69 Å². The highest BCUT2D eigenvalue weighted by Gasteiger charge is 2.22. The standard InChI is InChI=1S/C14H17N3O3S/c1-8-5-6-11(7-9(8)2)15-12(18)10(3)21-13-14(19)20-16-17(13)4/h5-7,10H,1-4H3,(H-,15,16,18,19). The van der Waals surface area contributed by atoms with E-state index in [1.54, 1.807) is 14.0 Å². The first kappa shape index (κ1) is 15.4. The molecule has 0 bridgehead atoms. The summed E-state index contributed by atoms with van der Waals surface area (Å²) in [6, 6.07) is 5.73. The van der Waals surface area contributed by atoms with Crippen molar-refractivity contribution >= 4 is 23.4 Å². The molecule has 112 valence electrons. The van der Waals surface area contributed by atoms with Crippen molar-refractivity contribution in [1.82, 2.24) is 5.27 Å². The van der Waals surface area contributed by atoms with Gasteiger partial charge in [-0.05, 0) is 55.8 Å². The van der Waals surface area contributed by atoms with Crippen molar-refractivity contribution in [2.45, 2.75) is 31.0 Å². The van der Waals surface area contributed by atoms with Crippen molar-refractivity contribution in [2.24, 2.45) is 7.05 Å². The molecule has 0 fully saturated rings. The molecule has 1 amide bonds. The van der Waals surface area contributed by atoms with E-state index in [-0.39, 0.29) is 5.91 Å². The Balaban J connectivity index is 2.04. The summed E-state index contributed by atoms with van der Waals surface area (Å²) >= 11 is 1.12. The highest BCUT2D eigenvalue weighted by atomic mass is 32.2. The van der Waals surface area contributed by atoms with Gasteiger partial charge in [-0.25, -0.2) is 0 Å². The SMILES string of the molecule is Cc1ccc(NC(=O)C(C)Sc2c([O-])on[n+]2C)cc1C. The van der Waals surface area contributed by atoms with Crippen LogP contribution in [-0.4, -0.2) is 16.4 Å². The lowest BCUT2D eigenvalue weighted by atomic mass is 10.1. The summed E-state index contributed by atoms with van der Waals surface area (Å²) in [4.78, 5) is 12.2. The minimum absolute atomic E-state index is 0.177. The average molecular weight is 307 g/mol. The van der Waals surface area contributed by atoms with E-state index in [0.717, 1.165) is 23.0 Å². The van der Waals surface area contributed by atoms with Crippen molar-refractivity contribution < 1.29 is 19.1 Å². The number of nitrogens with one attached hydrogen (secondary N) is 1. The lowest BCUT2D eigenvalue weighted by molar-refractivity contribution is -0.772. The van der Waals surface area contributed by atoms with Gasteiger partial charge in [0.15, 0.2) is 13.0 Å². The smallest absolute Gasteiger partial charge is 0.291 e. The first-order valence-electron chi connectivity index (χ1n) is 6.46. The molecular weight excluding hydrogens is 290 g/mol. The van der Waals surface area contributed by atoms with E-state index in [1.807, 2.05) is 32.0 Å². The number of hydrogen-bond acceptors (Lipinski definition) is 5. The highest BCUT2D eigenvalue weighted by Crippen LogP contribution is 2.26. The normalized spacial score (nSPS) is 12.2. The Kier molecular flexibility index (Phi) is 4.52. The highest BCUT2D eigenvalue weighted by molar-refractivity contribution is 8.00. The van der Waals surface area contributed by atoms with Crippen molar-refractivity contribution in [2.75, 3.05) is 5.32 Å². The summed E-state index contributed by atoms with van der Waals surface area (Å²) in [7, 11) is 1.60.